The van der Waals surface area contributed by atoms with Gasteiger partial charge in [-0.1, -0.05) is 0 Å². The van der Waals surface area contributed by atoms with Crippen LogP contribution in [0.15, 0.2) is 0 Å². The zero-order valence-corrected chi connectivity index (χ0v) is 9.86. The average molecular weight is 253 g/mol. The van der Waals surface area contributed by atoms with Gasteiger partial charge in [-0.3, -0.25) is 4.18 Å². The molecule has 1 fully saturated rings. The largest absolute Gasteiger partial charge is 0.447 e. The van der Waals surface area contributed by atoms with Crippen molar-refractivity contribution < 1.29 is 26.9 Å². The van der Waals surface area contributed by atoms with Gasteiger partial charge < -0.3 is 14.4 Å². The number of rotatable bonds is 4. The molecule has 94 valence electrons. The highest BCUT2D eigenvalue weighted by Crippen LogP contribution is 1.99. The van der Waals surface area contributed by atoms with E-state index in [4.69, 9.17) is 9.47 Å². The maximum atomic E-state index is 11.4. The molecule has 0 bridgehead atoms. The topological polar surface area (TPSA) is 82.1 Å². The standard InChI is InChI=1S/C8H15NO6S/c1-16(11,12)15-7-6-14-8(10)9-2-4-13-5-3-9/h2-7H2,1H3. The third kappa shape index (κ3) is 5.29. The Bertz CT molecular complexity index is 321. The van der Waals surface area contributed by atoms with Crippen molar-refractivity contribution in [2.24, 2.45) is 0 Å². The molecule has 16 heavy (non-hydrogen) atoms. The summed E-state index contributed by atoms with van der Waals surface area (Å²) in [6.07, 6.45) is 0.469. The zero-order valence-electron chi connectivity index (χ0n) is 9.05. The molecule has 7 nitrogen and oxygen atoms in total. The zero-order chi connectivity index (χ0) is 12.0. The second-order valence-corrected chi connectivity index (χ2v) is 4.88. The van der Waals surface area contributed by atoms with E-state index in [2.05, 4.69) is 4.18 Å². The molecule has 0 atom stereocenters. The molecule has 0 aromatic heterocycles. The highest BCUT2D eigenvalue weighted by atomic mass is 32.2. The van der Waals surface area contributed by atoms with Crippen LogP contribution in [0.3, 0.4) is 0 Å². The van der Waals surface area contributed by atoms with Crippen molar-refractivity contribution in [3.63, 3.8) is 0 Å². The molecule has 0 radical (unpaired) electrons. The first kappa shape index (κ1) is 13.2. The molecule has 8 heteroatoms. The van der Waals surface area contributed by atoms with Crippen LogP contribution < -0.4 is 0 Å². The van der Waals surface area contributed by atoms with Gasteiger partial charge in [0, 0.05) is 13.1 Å². The number of carbonyl (C=O) groups is 1. The monoisotopic (exact) mass is 253 g/mol. The number of carbonyl (C=O) groups excluding carboxylic acids is 1. The van der Waals surface area contributed by atoms with E-state index in [-0.39, 0.29) is 13.2 Å². The Morgan fingerprint density at radius 2 is 1.94 bits per heavy atom. The maximum absolute atomic E-state index is 11.4. The molecule has 0 spiro atoms. The molecule has 0 aromatic rings. The Kier molecular flexibility index (Phi) is 4.97. The van der Waals surface area contributed by atoms with Crippen LogP contribution in [0.2, 0.25) is 0 Å². The van der Waals surface area contributed by atoms with E-state index < -0.39 is 16.2 Å². The number of hydrogen-bond donors (Lipinski definition) is 0. The normalized spacial score (nSPS) is 17.2. The van der Waals surface area contributed by atoms with Crippen LogP contribution in [0.5, 0.6) is 0 Å². The van der Waals surface area contributed by atoms with Crippen LogP contribution in [0.25, 0.3) is 0 Å². The van der Waals surface area contributed by atoms with E-state index in [9.17, 15) is 13.2 Å². The van der Waals surface area contributed by atoms with E-state index in [1.54, 1.807) is 0 Å². The molecule has 0 unspecified atom stereocenters. The number of nitrogens with zero attached hydrogens (tertiary/aromatic N) is 1. The molecule has 0 saturated carbocycles. The highest BCUT2D eigenvalue weighted by Gasteiger charge is 2.17. The Labute approximate surface area is 94.4 Å². The minimum Gasteiger partial charge on any atom is -0.447 e. The van der Waals surface area contributed by atoms with Crippen molar-refractivity contribution in [2.75, 3.05) is 45.8 Å². The van der Waals surface area contributed by atoms with Crippen LogP contribution in [-0.2, 0) is 23.8 Å². The summed E-state index contributed by atoms with van der Waals surface area (Å²) >= 11 is 0. The molecule has 0 aromatic carbocycles. The molecule has 1 saturated heterocycles. The van der Waals surface area contributed by atoms with Gasteiger partial charge in [0.25, 0.3) is 10.1 Å². The Hall–Kier alpha value is -0.860. The number of morpholine rings is 1. The molecular formula is C8H15NO6S. The van der Waals surface area contributed by atoms with Gasteiger partial charge in [0.1, 0.15) is 13.2 Å². The first-order valence-electron chi connectivity index (χ1n) is 4.83. The van der Waals surface area contributed by atoms with Crippen molar-refractivity contribution >= 4 is 16.2 Å². The molecule has 0 aliphatic carbocycles. The third-order valence-corrected chi connectivity index (χ3v) is 2.47. The average Bonchev–Trinajstić information content (AvgIpc) is 2.24. The minimum absolute atomic E-state index is 0.0801. The Balaban J connectivity index is 2.14. The Morgan fingerprint density at radius 1 is 1.31 bits per heavy atom. The van der Waals surface area contributed by atoms with Crippen molar-refractivity contribution in [1.29, 1.82) is 0 Å². The van der Waals surface area contributed by atoms with E-state index in [0.29, 0.717) is 26.3 Å². The van der Waals surface area contributed by atoms with Gasteiger partial charge in [0.2, 0.25) is 0 Å². The van der Waals surface area contributed by atoms with Gasteiger partial charge in [0.15, 0.2) is 0 Å². The van der Waals surface area contributed by atoms with Crippen LogP contribution in [-0.4, -0.2) is 65.2 Å². The van der Waals surface area contributed by atoms with Gasteiger partial charge in [-0.05, 0) is 0 Å². The van der Waals surface area contributed by atoms with Crippen molar-refractivity contribution in [1.82, 2.24) is 4.90 Å². The summed E-state index contributed by atoms with van der Waals surface area (Å²) in [6.45, 7) is 1.74. The number of ether oxygens (including phenoxy) is 2. The lowest BCUT2D eigenvalue weighted by Crippen LogP contribution is -2.41. The molecular weight excluding hydrogens is 238 g/mol. The summed E-state index contributed by atoms with van der Waals surface area (Å²) < 4.78 is 35.5. The van der Waals surface area contributed by atoms with Crippen LogP contribution >= 0.6 is 0 Å². The van der Waals surface area contributed by atoms with Crippen LogP contribution in [0, 0.1) is 0 Å². The van der Waals surface area contributed by atoms with Crippen molar-refractivity contribution in [3.05, 3.63) is 0 Å². The summed E-state index contributed by atoms with van der Waals surface area (Å²) in [5.41, 5.74) is 0. The molecule has 1 aliphatic heterocycles. The molecule has 1 aliphatic rings. The van der Waals surface area contributed by atoms with E-state index in [0.717, 1.165) is 6.26 Å². The van der Waals surface area contributed by atoms with Gasteiger partial charge >= 0.3 is 6.09 Å². The summed E-state index contributed by atoms with van der Waals surface area (Å²) in [4.78, 5) is 12.9. The lowest BCUT2D eigenvalue weighted by molar-refractivity contribution is 0.0241. The van der Waals surface area contributed by atoms with Crippen LogP contribution in [0.1, 0.15) is 0 Å². The first-order valence-corrected chi connectivity index (χ1v) is 6.64. The highest BCUT2D eigenvalue weighted by molar-refractivity contribution is 7.85. The summed E-state index contributed by atoms with van der Waals surface area (Å²) in [6, 6.07) is 0. The summed E-state index contributed by atoms with van der Waals surface area (Å²) in [5.74, 6) is 0. The van der Waals surface area contributed by atoms with Gasteiger partial charge in [-0.2, -0.15) is 8.42 Å². The summed E-state index contributed by atoms with van der Waals surface area (Å²) in [7, 11) is -3.47. The third-order valence-electron chi connectivity index (χ3n) is 1.88. The molecule has 0 N–H and O–H groups in total. The van der Waals surface area contributed by atoms with E-state index in [1.165, 1.54) is 4.90 Å². The smallest absolute Gasteiger partial charge is 0.409 e. The molecule has 1 rings (SSSR count). The molecule has 1 amide bonds. The van der Waals surface area contributed by atoms with Crippen molar-refractivity contribution in [2.45, 2.75) is 0 Å². The fraction of sp³-hybridized carbons (Fsp3) is 0.875. The van der Waals surface area contributed by atoms with Gasteiger partial charge in [-0.25, -0.2) is 4.79 Å². The SMILES string of the molecule is CS(=O)(=O)OCCOC(=O)N1CCOCC1. The fourth-order valence-corrected chi connectivity index (χ4v) is 1.52. The van der Waals surface area contributed by atoms with E-state index >= 15 is 0 Å². The quantitative estimate of drug-likeness (QED) is 0.493. The fourth-order valence-electron chi connectivity index (χ4n) is 1.15. The molecule has 1 heterocycles. The lowest BCUT2D eigenvalue weighted by Gasteiger charge is -2.25. The second kappa shape index (κ2) is 6.02. The number of amides is 1. The van der Waals surface area contributed by atoms with Gasteiger partial charge in [-0.15, -0.1) is 0 Å². The van der Waals surface area contributed by atoms with E-state index in [1.807, 2.05) is 0 Å². The maximum Gasteiger partial charge on any atom is 0.409 e. The van der Waals surface area contributed by atoms with Crippen LogP contribution in [0.4, 0.5) is 4.79 Å². The number of hydrogen-bond acceptors (Lipinski definition) is 6. The predicted molar refractivity (Wildman–Crippen MR) is 54.5 cm³/mol. The van der Waals surface area contributed by atoms with Gasteiger partial charge in [0.05, 0.1) is 19.5 Å². The Morgan fingerprint density at radius 3 is 2.50 bits per heavy atom. The first-order chi connectivity index (χ1) is 7.49. The second-order valence-electron chi connectivity index (χ2n) is 3.24. The van der Waals surface area contributed by atoms with Crippen molar-refractivity contribution in [3.8, 4) is 0 Å². The predicted octanol–water partition coefficient (Wildman–Crippen LogP) is -0.569. The minimum atomic E-state index is -3.47. The lowest BCUT2D eigenvalue weighted by atomic mass is 10.5. The summed E-state index contributed by atoms with van der Waals surface area (Å²) in [5, 5.41) is 0.